The number of carbonyl (C=O) groups excluding carboxylic acids is 2. The molecule has 3 heterocycles. The molecule has 0 aliphatic carbocycles. The van der Waals surface area contributed by atoms with Crippen LogP contribution in [0.2, 0.25) is 0 Å². The lowest BCUT2D eigenvalue weighted by Crippen LogP contribution is -2.32. The van der Waals surface area contributed by atoms with E-state index in [1.165, 1.54) is 6.20 Å². The maximum atomic E-state index is 12.9. The number of pyridine rings is 2. The summed E-state index contributed by atoms with van der Waals surface area (Å²) in [7, 11) is 0. The largest absolute Gasteiger partial charge is 0.455 e. The topological polar surface area (TPSA) is 118 Å². The molecule has 0 aliphatic rings. The van der Waals surface area contributed by atoms with Crippen molar-refractivity contribution in [3.8, 4) is 11.3 Å². The Hall–Kier alpha value is -5.70. The highest BCUT2D eigenvalue weighted by Gasteiger charge is 2.16. The van der Waals surface area contributed by atoms with E-state index in [2.05, 4.69) is 38.1 Å². The SMILES string of the molecule is CC(C)(C)OC(=O)NCc1cncc(C(=O)Nc2ccc(Nc3ccnc(-c4cccc5c4oc4ccccc45)c3)cc2)c1. The van der Waals surface area contributed by atoms with Gasteiger partial charge in [0.1, 0.15) is 16.8 Å². The number of alkyl carbamates (subject to hydrolysis) is 1. The number of benzene rings is 3. The van der Waals surface area contributed by atoms with Crippen LogP contribution < -0.4 is 16.0 Å². The molecule has 9 heteroatoms. The molecule has 2 amide bonds. The molecule has 6 rings (SSSR count). The lowest BCUT2D eigenvalue weighted by molar-refractivity contribution is 0.0523. The van der Waals surface area contributed by atoms with Gasteiger partial charge < -0.3 is 25.1 Å². The van der Waals surface area contributed by atoms with Crippen LogP contribution in [-0.2, 0) is 11.3 Å². The quantitative estimate of drug-likeness (QED) is 0.173. The van der Waals surface area contributed by atoms with Gasteiger partial charge >= 0.3 is 6.09 Å². The van der Waals surface area contributed by atoms with Gasteiger partial charge in [0.05, 0.1) is 11.3 Å². The zero-order chi connectivity index (χ0) is 30.7. The van der Waals surface area contributed by atoms with Crippen LogP contribution >= 0.6 is 0 Å². The smallest absolute Gasteiger partial charge is 0.407 e. The van der Waals surface area contributed by atoms with Gasteiger partial charge in [-0.2, -0.15) is 0 Å². The van der Waals surface area contributed by atoms with Crippen LogP contribution in [0.3, 0.4) is 0 Å². The Labute approximate surface area is 254 Å². The third-order valence-electron chi connectivity index (χ3n) is 6.76. The Bertz CT molecular complexity index is 1980. The van der Waals surface area contributed by atoms with Crippen LogP contribution in [0.4, 0.5) is 21.9 Å². The molecule has 0 saturated carbocycles. The summed E-state index contributed by atoms with van der Waals surface area (Å²) in [5.74, 6) is -0.309. The predicted octanol–water partition coefficient (Wildman–Crippen LogP) is 8.06. The van der Waals surface area contributed by atoms with Gasteiger partial charge in [-0.05, 0) is 80.9 Å². The molecule has 3 N–H and O–H groups in total. The fourth-order valence-corrected chi connectivity index (χ4v) is 4.81. The fourth-order valence-electron chi connectivity index (χ4n) is 4.81. The van der Waals surface area contributed by atoms with Crippen molar-refractivity contribution in [3.05, 3.63) is 115 Å². The van der Waals surface area contributed by atoms with Gasteiger partial charge in [-0.25, -0.2) is 4.79 Å². The summed E-state index contributed by atoms with van der Waals surface area (Å²) < 4.78 is 11.4. The summed E-state index contributed by atoms with van der Waals surface area (Å²) in [4.78, 5) is 33.6. The average molecular weight is 586 g/mol. The normalized spacial score (nSPS) is 11.3. The molecule has 9 nitrogen and oxygen atoms in total. The number of para-hydroxylation sites is 2. The Morgan fingerprint density at radius 1 is 0.841 bits per heavy atom. The molecule has 220 valence electrons. The third-order valence-corrected chi connectivity index (χ3v) is 6.76. The monoisotopic (exact) mass is 585 g/mol. The van der Waals surface area contributed by atoms with Crippen LogP contribution in [0.5, 0.6) is 0 Å². The van der Waals surface area contributed by atoms with E-state index in [-0.39, 0.29) is 12.5 Å². The minimum atomic E-state index is -0.595. The first kappa shape index (κ1) is 28.4. The van der Waals surface area contributed by atoms with Gasteiger partial charge in [-0.15, -0.1) is 0 Å². The average Bonchev–Trinajstić information content (AvgIpc) is 3.39. The maximum absolute atomic E-state index is 12.9. The van der Waals surface area contributed by atoms with E-state index < -0.39 is 11.7 Å². The molecule has 0 radical (unpaired) electrons. The number of anilines is 3. The summed E-state index contributed by atoms with van der Waals surface area (Å²) in [5, 5.41) is 11.1. The molecule has 0 saturated heterocycles. The number of aromatic nitrogens is 2. The van der Waals surface area contributed by atoms with Gasteiger partial charge in [0, 0.05) is 58.5 Å². The fraction of sp³-hybridized carbons (Fsp3) is 0.143. The van der Waals surface area contributed by atoms with E-state index in [1.807, 2.05) is 66.7 Å². The molecular weight excluding hydrogens is 554 g/mol. The first-order chi connectivity index (χ1) is 21.2. The van der Waals surface area contributed by atoms with E-state index >= 15 is 0 Å². The standard InChI is InChI=1S/C35H31N5O4/c1-35(2,3)44-34(42)38-20-22-17-23(21-36-19-22)33(41)40-25-13-11-24(12-14-25)39-26-15-16-37-30(18-26)29-9-6-8-28-27-7-4-5-10-31(27)43-32(28)29/h4-19,21H,20H2,1-3H3,(H,37,39)(H,38,42)(H,40,41). The summed E-state index contributed by atoms with van der Waals surface area (Å²) >= 11 is 0. The van der Waals surface area contributed by atoms with Gasteiger partial charge in [-0.3, -0.25) is 14.8 Å². The van der Waals surface area contributed by atoms with Crippen molar-refractivity contribution in [3.63, 3.8) is 0 Å². The third kappa shape index (κ3) is 6.52. The highest BCUT2D eigenvalue weighted by atomic mass is 16.6. The molecule has 6 aromatic rings. The van der Waals surface area contributed by atoms with Gasteiger partial charge in [-0.1, -0.05) is 30.3 Å². The summed E-state index contributed by atoms with van der Waals surface area (Å²) in [6, 6.07) is 27.1. The predicted molar refractivity (Wildman–Crippen MR) is 172 cm³/mol. The lowest BCUT2D eigenvalue weighted by Gasteiger charge is -2.19. The highest BCUT2D eigenvalue weighted by molar-refractivity contribution is 6.09. The number of nitrogens with one attached hydrogen (secondary N) is 3. The molecular formula is C35H31N5O4. The number of fused-ring (bicyclic) bond motifs is 3. The van der Waals surface area contributed by atoms with Crippen molar-refractivity contribution >= 4 is 51.0 Å². The molecule has 0 unspecified atom stereocenters. The summed E-state index contributed by atoms with van der Waals surface area (Å²) in [5.41, 5.74) is 6.15. The van der Waals surface area contributed by atoms with E-state index in [4.69, 9.17) is 9.15 Å². The molecule has 0 spiro atoms. The number of ether oxygens (including phenoxy) is 1. The number of nitrogens with zero attached hydrogens (tertiary/aromatic N) is 2. The number of furan rings is 1. The minimum Gasteiger partial charge on any atom is -0.455 e. The van der Waals surface area contributed by atoms with Crippen LogP contribution in [0.25, 0.3) is 33.2 Å². The van der Waals surface area contributed by atoms with Crippen molar-refractivity contribution in [1.29, 1.82) is 0 Å². The number of hydrogen-bond acceptors (Lipinski definition) is 7. The van der Waals surface area contributed by atoms with Gasteiger partial charge in [0.25, 0.3) is 5.91 Å². The Morgan fingerprint density at radius 3 is 2.43 bits per heavy atom. The van der Waals surface area contributed by atoms with E-state index in [1.54, 1.807) is 39.2 Å². The van der Waals surface area contributed by atoms with Gasteiger partial charge in [0.2, 0.25) is 0 Å². The zero-order valence-electron chi connectivity index (χ0n) is 24.5. The Balaban J connectivity index is 1.11. The first-order valence-corrected chi connectivity index (χ1v) is 14.2. The molecule has 0 fully saturated rings. The molecule has 0 bridgehead atoms. The van der Waals surface area contributed by atoms with E-state index in [0.29, 0.717) is 16.8 Å². The molecule has 0 atom stereocenters. The minimum absolute atomic E-state index is 0.188. The van der Waals surface area contributed by atoms with Crippen molar-refractivity contribution in [2.75, 3.05) is 10.6 Å². The van der Waals surface area contributed by atoms with Gasteiger partial charge in [0.15, 0.2) is 0 Å². The van der Waals surface area contributed by atoms with Crippen molar-refractivity contribution in [1.82, 2.24) is 15.3 Å². The lowest BCUT2D eigenvalue weighted by atomic mass is 10.1. The number of rotatable bonds is 7. The maximum Gasteiger partial charge on any atom is 0.407 e. The summed E-state index contributed by atoms with van der Waals surface area (Å²) in [6.45, 7) is 5.57. The zero-order valence-corrected chi connectivity index (χ0v) is 24.5. The van der Waals surface area contributed by atoms with Crippen molar-refractivity contribution in [2.45, 2.75) is 32.9 Å². The van der Waals surface area contributed by atoms with Crippen molar-refractivity contribution < 1.29 is 18.7 Å². The second-order valence-electron chi connectivity index (χ2n) is 11.3. The Kier molecular flexibility index (Phi) is 7.68. The molecule has 3 aromatic carbocycles. The van der Waals surface area contributed by atoms with Crippen LogP contribution in [0, 0.1) is 0 Å². The number of hydrogen-bond donors (Lipinski definition) is 3. The first-order valence-electron chi connectivity index (χ1n) is 14.2. The number of carbonyl (C=O) groups is 2. The highest BCUT2D eigenvalue weighted by Crippen LogP contribution is 2.35. The second-order valence-corrected chi connectivity index (χ2v) is 11.3. The summed E-state index contributed by atoms with van der Waals surface area (Å²) in [6.07, 6.45) is 4.30. The van der Waals surface area contributed by atoms with E-state index in [9.17, 15) is 9.59 Å². The molecule has 0 aliphatic heterocycles. The number of amides is 2. The second kappa shape index (κ2) is 11.9. The van der Waals surface area contributed by atoms with Crippen LogP contribution in [0.1, 0.15) is 36.7 Å². The van der Waals surface area contributed by atoms with E-state index in [0.717, 1.165) is 44.6 Å². The Morgan fingerprint density at radius 2 is 1.61 bits per heavy atom. The molecule has 3 aromatic heterocycles. The molecule has 44 heavy (non-hydrogen) atoms. The van der Waals surface area contributed by atoms with Crippen LogP contribution in [0.15, 0.2) is 108 Å². The van der Waals surface area contributed by atoms with Crippen molar-refractivity contribution in [2.24, 2.45) is 0 Å². The van der Waals surface area contributed by atoms with Crippen LogP contribution in [-0.4, -0.2) is 27.6 Å².